The Labute approximate surface area is 170 Å². The van der Waals surface area contributed by atoms with Gasteiger partial charge in [-0.25, -0.2) is 9.59 Å². The minimum absolute atomic E-state index is 0.0480. The monoisotopic (exact) mass is 426 g/mol. The zero-order valence-electron chi connectivity index (χ0n) is 15.7. The number of carbonyl (C=O) groups is 4. The summed E-state index contributed by atoms with van der Waals surface area (Å²) in [6.07, 6.45) is 3.69. The molecular formula is C18H22N2O6S2. The summed E-state index contributed by atoms with van der Waals surface area (Å²) in [4.78, 5) is 49.6. The van der Waals surface area contributed by atoms with Crippen molar-refractivity contribution >= 4 is 51.9 Å². The number of thioether (sulfide) groups is 1. The predicted molar refractivity (Wildman–Crippen MR) is 106 cm³/mol. The summed E-state index contributed by atoms with van der Waals surface area (Å²) in [6, 6.07) is -0.697. The van der Waals surface area contributed by atoms with Gasteiger partial charge in [-0.05, 0) is 31.2 Å². The lowest BCUT2D eigenvalue weighted by atomic mass is 9.95. The molecule has 2 aliphatic rings. The number of thiophene rings is 1. The highest BCUT2D eigenvalue weighted by atomic mass is 32.2. The second kappa shape index (κ2) is 8.95. The summed E-state index contributed by atoms with van der Waals surface area (Å²) >= 11 is 2.65. The largest absolute Gasteiger partial charge is 0.467 e. The minimum Gasteiger partial charge on any atom is -0.467 e. The Balaban J connectivity index is 1.67. The number of ether oxygens (including phenoxy) is 2. The van der Waals surface area contributed by atoms with Gasteiger partial charge in [-0.1, -0.05) is 0 Å². The summed E-state index contributed by atoms with van der Waals surface area (Å²) in [6.45, 7) is 0. The second-order valence-electron chi connectivity index (χ2n) is 6.57. The molecule has 0 spiro atoms. The highest BCUT2D eigenvalue weighted by Crippen LogP contribution is 2.38. The normalized spacial score (nSPS) is 21.3. The summed E-state index contributed by atoms with van der Waals surface area (Å²) < 4.78 is 9.53. The maximum absolute atomic E-state index is 12.5. The molecule has 1 saturated heterocycles. The van der Waals surface area contributed by atoms with Gasteiger partial charge in [-0.3, -0.25) is 9.59 Å². The first kappa shape index (κ1) is 20.7. The van der Waals surface area contributed by atoms with E-state index in [2.05, 4.69) is 15.4 Å². The van der Waals surface area contributed by atoms with Crippen molar-refractivity contribution in [1.82, 2.24) is 5.32 Å². The van der Waals surface area contributed by atoms with Gasteiger partial charge in [0.1, 0.15) is 11.0 Å². The van der Waals surface area contributed by atoms with E-state index in [4.69, 9.17) is 4.74 Å². The van der Waals surface area contributed by atoms with E-state index < -0.39 is 23.2 Å². The fourth-order valence-electron chi connectivity index (χ4n) is 3.33. The number of esters is 2. The highest BCUT2D eigenvalue weighted by Gasteiger charge is 2.34. The Morgan fingerprint density at radius 1 is 1.18 bits per heavy atom. The summed E-state index contributed by atoms with van der Waals surface area (Å²) in [7, 11) is 2.58. The molecule has 10 heteroatoms. The third kappa shape index (κ3) is 4.33. The number of nitrogens with one attached hydrogen (secondary N) is 2. The molecule has 0 bridgehead atoms. The van der Waals surface area contributed by atoms with Gasteiger partial charge in [0.25, 0.3) is 0 Å². The standard InChI is InChI=1S/C18H22N2O6S2/c1-25-17(23)10-8-27-12(15(22)19-10)7-13(21)20-16-14(18(24)26-2)9-5-3-4-6-11(9)28-16/h10,12H,3-8H2,1-2H3,(H,19,22)(H,20,21)/t10-,12+/m0/s1. The van der Waals surface area contributed by atoms with Crippen LogP contribution in [-0.2, 0) is 36.7 Å². The maximum Gasteiger partial charge on any atom is 0.341 e. The molecule has 1 aromatic heterocycles. The van der Waals surface area contributed by atoms with Crippen LogP contribution in [0.15, 0.2) is 0 Å². The number of aryl methyl sites for hydroxylation is 1. The first-order valence-corrected chi connectivity index (χ1v) is 10.8. The van der Waals surface area contributed by atoms with Crippen molar-refractivity contribution in [2.75, 3.05) is 25.3 Å². The van der Waals surface area contributed by atoms with Gasteiger partial charge in [0.2, 0.25) is 11.8 Å². The predicted octanol–water partition coefficient (Wildman–Crippen LogP) is 1.52. The van der Waals surface area contributed by atoms with E-state index in [1.807, 2.05) is 0 Å². The van der Waals surface area contributed by atoms with Crippen molar-refractivity contribution in [3.8, 4) is 0 Å². The Morgan fingerprint density at radius 3 is 2.61 bits per heavy atom. The molecule has 0 aromatic carbocycles. The molecule has 0 radical (unpaired) electrons. The molecule has 1 fully saturated rings. The van der Waals surface area contributed by atoms with E-state index in [0.717, 1.165) is 36.1 Å². The second-order valence-corrected chi connectivity index (χ2v) is 8.91. The number of hydrogen-bond acceptors (Lipinski definition) is 8. The van der Waals surface area contributed by atoms with Crippen LogP contribution < -0.4 is 10.6 Å². The summed E-state index contributed by atoms with van der Waals surface area (Å²) in [5.74, 6) is -1.35. The first-order valence-electron chi connectivity index (χ1n) is 8.97. The van der Waals surface area contributed by atoms with Crippen LogP contribution in [0.1, 0.15) is 40.1 Å². The van der Waals surface area contributed by atoms with Gasteiger partial charge in [-0.15, -0.1) is 23.1 Å². The van der Waals surface area contributed by atoms with Gasteiger partial charge in [0, 0.05) is 17.1 Å². The number of rotatable bonds is 5. The third-order valence-electron chi connectivity index (χ3n) is 4.74. The van der Waals surface area contributed by atoms with Gasteiger partial charge < -0.3 is 20.1 Å². The Kier molecular flexibility index (Phi) is 6.61. The number of carbonyl (C=O) groups excluding carboxylic acids is 4. The third-order valence-corrected chi connectivity index (χ3v) is 7.26. The summed E-state index contributed by atoms with van der Waals surface area (Å²) in [5.41, 5.74) is 1.39. The molecule has 2 amide bonds. The lowest BCUT2D eigenvalue weighted by Gasteiger charge is -2.26. The quantitative estimate of drug-likeness (QED) is 0.687. The van der Waals surface area contributed by atoms with Crippen LogP contribution >= 0.6 is 23.1 Å². The minimum atomic E-state index is -0.697. The number of amides is 2. The van der Waals surface area contributed by atoms with Gasteiger partial charge in [0.15, 0.2) is 0 Å². The molecule has 8 nitrogen and oxygen atoms in total. The Morgan fingerprint density at radius 2 is 1.93 bits per heavy atom. The molecule has 1 aliphatic heterocycles. The molecule has 0 unspecified atom stereocenters. The molecule has 1 aliphatic carbocycles. The van der Waals surface area contributed by atoms with Crippen molar-refractivity contribution in [1.29, 1.82) is 0 Å². The van der Waals surface area contributed by atoms with Crippen LogP contribution in [0.3, 0.4) is 0 Å². The Hall–Kier alpha value is -2.07. The molecule has 2 atom stereocenters. The van der Waals surface area contributed by atoms with Crippen molar-refractivity contribution in [3.63, 3.8) is 0 Å². The van der Waals surface area contributed by atoms with Crippen LogP contribution in [0.5, 0.6) is 0 Å². The van der Waals surface area contributed by atoms with Gasteiger partial charge in [0.05, 0.1) is 25.0 Å². The molecule has 28 heavy (non-hydrogen) atoms. The average Bonchev–Trinajstić information content (AvgIpc) is 3.05. The lowest BCUT2D eigenvalue weighted by Crippen LogP contribution is -2.51. The van der Waals surface area contributed by atoms with Crippen LogP contribution in [0, 0.1) is 0 Å². The number of hydrogen-bond donors (Lipinski definition) is 2. The summed E-state index contributed by atoms with van der Waals surface area (Å²) in [5, 5.41) is 5.25. The zero-order valence-corrected chi connectivity index (χ0v) is 17.3. The van der Waals surface area contributed by atoms with Crippen molar-refractivity contribution in [2.45, 2.75) is 43.4 Å². The van der Waals surface area contributed by atoms with Crippen molar-refractivity contribution in [3.05, 3.63) is 16.0 Å². The zero-order chi connectivity index (χ0) is 20.3. The first-order chi connectivity index (χ1) is 13.4. The van der Waals surface area contributed by atoms with E-state index in [9.17, 15) is 19.2 Å². The van der Waals surface area contributed by atoms with E-state index in [-0.39, 0.29) is 18.2 Å². The van der Waals surface area contributed by atoms with Crippen LogP contribution in [0.25, 0.3) is 0 Å². The fraction of sp³-hybridized carbons (Fsp3) is 0.556. The molecule has 1 aromatic rings. The van der Waals surface area contributed by atoms with E-state index >= 15 is 0 Å². The highest BCUT2D eigenvalue weighted by molar-refractivity contribution is 8.00. The lowest BCUT2D eigenvalue weighted by molar-refractivity contribution is -0.144. The van der Waals surface area contributed by atoms with E-state index in [0.29, 0.717) is 16.3 Å². The van der Waals surface area contributed by atoms with Crippen LogP contribution in [0.4, 0.5) is 5.00 Å². The van der Waals surface area contributed by atoms with Crippen LogP contribution in [-0.4, -0.2) is 55.0 Å². The fourth-order valence-corrected chi connectivity index (χ4v) is 5.76. The van der Waals surface area contributed by atoms with E-state index in [1.54, 1.807) is 0 Å². The smallest absolute Gasteiger partial charge is 0.341 e. The van der Waals surface area contributed by atoms with Crippen molar-refractivity contribution < 1.29 is 28.7 Å². The number of methoxy groups -OCH3 is 2. The molecule has 2 N–H and O–H groups in total. The molecule has 0 saturated carbocycles. The molecule has 152 valence electrons. The number of fused-ring (bicyclic) bond motifs is 1. The SMILES string of the molecule is COC(=O)c1c(NC(=O)C[C@H]2SC[C@@H](C(=O)OC)NC2=O)sc2c1CCCC2. The van der Waals surface area contributed by atoms with E-state index in [1.165, 1.54) is 37.3 Å². The van der Waals surface area contributed by atoms with Crippen molar-refractivity contribution in [2.24, 2.45) is 0 Å². The average molecular weight is 427 g/mol. The molecule has 3 rings (SSSR count). The van der Waals surface area contributed by atoms with Gasteiger partial charge in [-0.2, -0.15) is 0 Å². The topological polar surface area (TPSA) is 111 Å². The van der Waals surface area contributed by atoms with Gasteiger partial charge >= 0.3 is 11.9 Å². The molecule has 2 heterocycles. The van der Waals surface area contributed by atoms with Crippen LogP contribution in [0.2, 0.25) is 0 Å². The number of anilines is 1. The maximum atomic E-state index is 12.5. The molecular weight excluding hydrogens is 404 g/mol. The Bertz CT molecular complexity index is 806.